The molecule has 152 valence electrons. The standard InChI is InChI=1S/C17H24O10/c1-6-7-14(24)16(9(2)19,26-11(4)21)17(10(3)20,27-12(5)22)15(25)13(23)8-18/h6,13,15,18,23,25H,1,7-8H2,2-5H3/t13-,15+,16+,17+/m1/s1. The van der Waals surface area contributed by atoms with E-state index in [1.165, 1.54) is 0 Å². The highest BCUT2D eigenvalue weighted by Crippen LogP contribution is 2.39. The molecular formula is C17H24O10. The molecule has 0 aromatic rings. The van der Waals surface area contributed by atoms with Crippen LogP contribution in [-0.2, 0) is 33.4 Å². The molecule has 0 saturated heterocycles. The van der Waals surface area contributed by atoms with Crippen molar-refractivity contribution in [3.8, 4) is 0 Å². The molecule has 0 aliphatic rings. The Morgan fingerprint density at radius 1 is 0.963 bits per heavy atom. The first-order valence-electron chi connectivity index (χ1n) is 7.87. The predicted molar refractivity (Wildman–Crippen MR) is 89.3 cm³/mol. The Balaban J connectivity index is 7.28. The van der Waals surface area contributed by atoms with Crippen LogP contribution in [0.3, 0.4) is 0 Å². The van der Waals surface area contributed by atoms with Gasteiger partial charge in [0.1, 0.15) is 12.2 Å². The van der Waals surface area contributed by atoms with Crippen molar-refractivity contribution in [3.63, 3.8) is 0 Å². The van der Waals surface area contributed by atoms with Gasteiger partial charge < -0.3 is 24.8 Å². The first-order chi connectivity index (χ1) is 12.3. The topological polar surface area (TPSA) is 164 Å². The zero-order valence-electron chi connectivity index (χ0n) is 15.6. The molecule has 0 amide bonds. The molecule has 0 bridgehead atoms. The molecular weight excluding hydrogens is 364 g/mol. The van der Waals surface area contributed by atoms with E-state index in [0.717, 1.165) is 33.8 Å². The minimum absolute atomic E-state index is 0.606. The van der Waals surface area contributed by atoms with Crippen molar-refractivity contribution in [1.29, 1.82) is 0 Å². The molecule has 10 heteroatoms. The number of aliphatic hydroxyl groups is 3. The van der Waals surface area contributed by atoms with Crippen LogP contribution in [0.4, 0.5) is 0 Å². The van der Waals surface area contributed by atoms with E-state index in [-0.39, 0.29) is 0 Å². The van der Waals surface area contributed by atoms with Gasteiger partial charge in [-0.05, 0) is 13.8 Å². The van der Waals surface area contributed by atoms with Gasteiger partial charge in [0.25, 0.3) is 11.2 Å². The van der Waals surface area contributed by atoms with E-state index in [9.17, 15) is 34.2 Å². The molecule has 0 unspecified atom stereocenters. The maximum Gasteiger partial charge on any atom is 0.304 e. The van der Waals surface area contributed by atoms with E-state index in [0.29, 0.717) is 0 Å². The van der Waals surface area contributed by atoms with Crippen LogP contribution >= 0.6 is 0 Å². The first-order valence-corrected chi connectivity index (χ1v) is 7.87. The number of ether oxygens (including phenoxy) is 2. The molecule has 0 rings (SSSR count). The van der Waals surface area contributed by atoms with E-state index < -0.39 is 65.7 Å². The lowest BCUT2D eigenvalue weighted by molar-refractivity contribution is -0.236. The van der Waals surface area contributed by atoms with Crippen LogP contribution < -0.4 is 0 Å². The zero-order chi connectivity index (χ0) is 21.6. The number of allylic oxidation sites excluding steroid dienone is 1. The van der Waals surface area contributed by atoms with Gasteiger partial charge in [-0.25, -0.2) is 0 Å². The largest absolute Gasteiger partial charge is 0.443 e. The Labute approximate surface area is 155 Å². The van der Waals surface area contributed by atoms with Crippen LogP contribution in [0, 0.1) is 0 Å². The molecule has 0 aliphatic carbocycles. The number of hydrogen-bond donors (Lipinski definition) is 3. The van der Waals surface area contributed by atoms with Crippen LogP contribution in [0.2, 0.25) is 0 Å². The van der Waals surface area contributed by atoms with Gasteiger partial charge in [0, 0.05) is 20.3 Å². The Bertz CT molecular complexity index is 640. The molecule has 0 aromatic carbocycles. The molecule has 0 saturated carbocycles. The third-order valence-electron chi connectivity index (χ3n) is 3.83. The number of ketones is 3. The summed E-state index contributed by atoms with van der Waals surface area (Å²) in [7, 11) is 0. The highest BCUT2D eigenvalue weighted by molar-refractivity contribution is 6.17. The smallest absolute Gasteiger partial charge is 0.304 e. The number of hydrogen-bond acceptors (Lipinski definition) is 10. The summed E-state index contributed by atoms with van der Waals surface area (Å²) in [5, 5.41) is 29.6. The molecule has 27 heavy (non-hydrogen) atoms. The van der Waals surface area contributed by atoms with Crippen molar-refractivity contribution in [3.05, 3.63) is 12.7 Å². The number of Topliss-reactive ketones (excluding diaryl/α,β-unsaturated/α-hetero) is 3. The van der Waals surface area contributed by atoms with Crippen molar-refractivity contribution in [1.82, 2.24) is 0 Å². The number of rotatable bonds is 11. The Morgan fingerprint density at radius 2 is 1.44 bits per heavy atom. The van der Waals surface area contributed by atoms with E-state index in [2.05, 4.69) is 6.58 Å². The summed E-state index contributed by atoms with van der Waals surface area (Å²) >= 11 is 0. The van der Waals surface area contributed by atoms with E-state index in [1.54, 1.807) is 0 Å². The fraction of sp³-hybridized carbons (Fsp3) is 0.588. The summed E-state index contributed by atoms with van der Waals surface area (Å²) in [6.07, 6.45) is -4.18. The molecule has 0 fully saturated rings. The number of carbonyl (C=O) groups is 5. The molecule has 3 N–H and O–H groups in total. The molecule has 0 aliphatic heterocycles. The average molecular weight is 388 g/mol. The van der Waals surface area contributed by atoms with Gasteiger partial charge in [0.2, 0.25) is 0 Å². The summed E-state index contributed by atoms with van der Waals surface area (Å²) in [6.45, 7) is 5.38. The van der Waals surface area contributed by atoms with Crippen molar-refractivity contribution in [2.45, 2.75) is 57.5 Å². The lowest BCUT2D eigenvalue weighted by atomic mass is 9.68. The van der Waals surface area contributed by atoms with E-state index in [1.807, 2.05) is 0 Å². The molecule has 0 spiro atoms. The maximum absolute atomic E-state index is 12.8. The van der Waals surface area contributed by atoms with Gasteiger partial charge in [0.15, 0.2) is 17.3 Å². The summed E-state index contributed by atoms with van der Waals surface area (Å²) in [4.78, 5) is 61.3. The van der Waals surface area contributed by atoms with Crippen LogP contribution in [-0.4, -0.2) is 74.6 Å². The second-order valence-corrected chi connectivity index (χ2v) is 5.83. The van der Waals surface area contributed by atoms with Gasteiger partial charge in [-0.1, -0.05) is 6.08 Å². The maximum atomic E-state index is 12.8. The van der Waals surface area contributed by atoms with E-state index >= 15 is 0 Å². The monoisotopic (exact) mass is 388 g/mol. The molecule has 4 atom stereocenters. The van der Waals surface area contributed by atoms with Crippen LogP contribution in [0.1, 0.15) is 34.1 Å². The molecule has 10 nitrogen and oxygen atoms in total. The lowest BCUT2D eigenvalue weighted by Gasteiger charge is -2.47. The average Bonchev–Trinajstić information content (AvgIpc) is 2.55. The third kappa shape index (κ3) is 4.46. The predicted octanol–water partition coefficient (Wildman–Crippen LogP) is -1.37. The van der Waals surface area contributed by atoms with Gasteiger partial charge in [-0.3, -0.25) is 24.0 Å². The zero-order valence-corrected chi connectivity index (χ0v) is 15.6. The van der Waals surface area contributed by atoms with Crippen molar-refractivity contribution < 1.29 is 48.8 Å². The van der Waals surface area contributed by atoms with Crippen molar-refractivity contribution >= 4 is 29.3 Å². The first kappa shape index (κ1) is 24.6. The number of carbonyl (C=O) groups excluding carboxylic acids is 5. The van der Waals surface area contributed by atoms with Gasteiger partial charge in [-0.15, -0.1) is 6.58 Å². The Morgan fingerprint density at radius 3 is 1.74 bits per heavy atom. The molecule has 0 heterocycles. The summed E-state index contributed by atoms with van der Waals surface area (Å²) < 4.78 is 9.84. The summed E-state index contributed by atoms with van der Waals surface area (Å²) in [5.74, 6) is -6.16. The van der Waals surface area contributed by atoms with E-state index in [4.69, 9.17) is 14.6 Å². The number of aliphatic hydroxyl groups excluding tert-OH is 3. The molecule has 0 aromatic heterocycles. The van der Waals surface area contributed by atoms with Crippen LogP contribution in [0.5, 0.6) is 0 Å². The SMILES string of the molecule is C=CCC(=O)[C@@](OC(C)=O)(C(C)=O)[C@](OC(C)=O)(C(C)=O)[C@@H](O)[C@H](O)CO. The third-order valence-corrected chi connectivity index (χ3v) is 3.83. The highest BCUT2D eigenvalue weighted by atomic mass is 16.6. The fourth-order valence-corrected chi connectivity index (χ4v) is 2.83. The lowest BCUT2D eigenvalue weighted by Crippen LogP contribution is -2.76. The van der Waals surface area contributed by atoms with Gasteiger partial charge in [-0.2, -0.15) is 0 Å². The fourth-order valence-electron chi connectivity index (χ4n) is 2.83. The molecule has 0 radical (unpaired) electrons. The summed E-state index contributed by atoms with van der Waals surface area (Å²) in [5.41, 5.74) is -6.25. The minimum atomic E-state index is -3.14. The quantitative estimate of drug-likeness (QED) is 0.218. The second-order valence-electron chi connectivity index (χ2n) is 5.83. The highest BCUT2D eigenvalue weighted by Gasteiger charge is 2.72. The van der Waals surface area contributed by atoms with Crippen molar-refractivity contribution in [2.24, 2.45) is 0 Å². The second kappa shape index (κ2) is 9.49. The normalized spacial score (nSPS) is 17.4. The van der Waals surface area contributed by atoms with Crippen LogP contribution in [0.15, 0.2) is 12.7 Å². The van der Waals surface area contributed by atoms with Crippen molar-refractivity contribution in [2.75, 3.05) is 6.61 Å². The Hall–Kier alpha value is -2.43. The minimum Gasteiger partial charge on any atom is -0.443 e. The van der Waals surface area contributed by atoms with Gasteiger partial charge in [0.05, 0.1) is 6.61 Å². The Kier molecular flexibility index (Phi) is 8.64. The number of esters is 2. The van der Waals surface area contributed by atoms with Crippen LogP contribution in [0.25, 0.3) is 0 Å². The van der Waals surface area contributed by atoms with Gasteiger partial charge >= 0.3 is 11.9 Å². The summed E-state index contributed by atoms with van der Waals surface area (Å²) in [6, 6.07) is 0.